The fraction of sp³-hybridized carbons (Fsp3) is 0.556. The Morgan fingerprint density at radius 2 is 0.778 bits per heavy atom. The first-order valence-corrected chi connectivity index (χ1v) is 7.06. The predicted molar refractivity (Wildman–Crippen MR) is 80.5 cm³/mol. The van der Waals surface area contributed by atoms with Crippen molar-refractivity contribution in [2.45, 2.75) is 55.4 Å². The molecule has 0 aromatic carbocycles. The molecule has 98 valence electrons. The lowest BCUT2D eigenvalue weighted by Gasteiger charge is -2.20. The number of hydrogen-bond acceptors (Lipinski definition) is 0. The van der Waals surface area contributed by atoms with Crippen LogP contribution < -0.4 is 0 Å². The predicted octanol–water partition coefficient (Wildman–Crippen LogP) is 5.59. The molecule has 0 nitrogen and oxygen atoms in total. The molecular weight excluding hydrogens is 216 g/mol. The zero-order chi connectivity index (χ0) is 13.8. The highest BCUT2D eigenvalue weighted by Crippen LogP contribution is 2.48. The summed E-state index contributed by atoms with van der Waals surface area (Å²) in [4.78, 5) is 0. The second-order valence-electron chi connectivity index (χ2n) is 6.14. The van der Waals surface area contributed by atoms with Gasteiger partial charge in [0.25, 0.3) is 0 Å². The molecule has 2 unspecified atom stereocenters. The van der Waals surface area contributed by atoms with Gasteiger partial charge in [0.05, 0.1) is 0 Å². The average Bonchev–Trinajstić information content (AvgIpc) is 2.64. The highest BCUT2D eigenvalue weighted by Gasteiger charge is 2.33. The van der Waals surface area contributed by atoms with Gasteiger partial charge < -0.3 is 0 Å². The maximum absolute atomic E-state index is 2.36. The van der Waals surface area contributed by atoms with Gasteiger partial charge in [-0.05, 0) is 75.0 Å². The summed E-state index contributed by atoms with van der Waals surface area (Å²) in [5.74, 6) is 1.19. The Balaban J connectivity index is 2.56. The Kier molecular flexibility index (Phi) is 3.17. The summed E-state index contributed by atoms with van der Waals surface area (Å²) in [6, 6.07) is 0. The van der Waals surface area contributed by atoms with E-state index in [1.165, 1.54) is 22.3 Å². The van der Waals surface area contributed by atoms with Gasteiger partial charge in [-0.15, -0.1) is 0 Å². The van der Waals surface area contributed by atoms with Crippen molar-refractivity contribution in [2.75, 3.05) is 0 Å². The van der Waals surface area contributed by atoms with Crippen LogP contribution in [0.15, 0.2) is 44.6 Å². The largest absolute Gasteiger partial charge is 0.0629 e. The molecule has 0 fully saturated rings. The Morgan fingerprint density at radius 3 is 0.944 bits per heavy atom. The molecule has 2 aliphatic carbocycles. The van der Waals surface area contributed by atoms with Gasteiger partial charge in [-0.25, -0.2) is 0 Å². The van der Waals surface area contributed by atoms with Crippen molar-refractivity contribution in [1.29, 1.82) is 0 Å². The summed E-state index contributed by atoms with van der Waals surface area (Å²) >= 11 is 0. The van der Waals surface area contributed by atoms with Crippen LogP contribution in [0.4, 0.5) is 0 Å². The topological polar surface area (TPSA) is 0 Å². The summed E-state index contributed by atoms with van der Waals surface area (Å²) in [5.41, 5.74) is 12.4. The van der Waals surface area contributed by atoms with E-state index in [1.54, 1.807) is 22.3 Å². The van der Waals surface area contributed by atoms with Crippen LogP contribution in [0.5, 0.6) is 0 Å². The van der Waals surface area contributed by atoms with Crippen LogP contribution in [-0.4, -0.2) is 0 Å². The average molecular weight is 242 g/mol. The molecule has 2 aliphatic rings. The molecule has 0 bridgehead atoms. The first-order chi connectivity index (χ1) is 8.29. The van der Waals surface area contributed by atoms with Crippen LogP contribution in [0.2, 0.25) is 0 Å². The van der Waals surface area contributed by atoms with Gasteiger partial charge in [0, 0.05) is 11.8 Å². The minimum absolute atomic E-state index is 0.594. The van der Waals surface area contributed by atoms with Crippen molar-refractivity contribution in [2.24, 2.45) is 11.8 Å². The standard InChI is InChI=1S/C18H26/c1-9-10(2)14(6)17(13(9)5)18-15(7)11(3)12(4)16(18)8/h13,15H,1-8H3. The monoisotopic (exact) mass is 242 g/mol. The highest BCUT2D eigenvalue weighted by atomic mass is 14.4. The van der Waals surface area contributed by atoms with Gasteiger partial charge in [-0.3, -0.25) is 0 Å². The second-order valence-corrected chi connectivity index (χ2v) is 6.14. The Hall–Kier alpha value is -1.04. The van der Waals surface area contributed by atoms with Crippen LogP contribution in [0.1, 0.15) is 55.4 Å². The van der Waals surface area contributed by atoms with Crippen molar-refractivity contribution in [3.8, 4) is 0 Å². The van der Waals surface area contributed by atoms with Crippen molar-refractivity contribution >= 4 is 0 Å². The highest BCUT2D eigenvalue weighted by molar-refractivity contribution is 5.62. The molecule has 0 aromatic rings. The molecule has 0 spiro atoms. The summed E-state index contributed by atoms with van der Waals surface area (Å²) in [6.45, 7) is 18.5. The molecular formula is C18H26. The minimum Gasteiger partial charge on any atom is -0.0629 e. The van der Waals surface area contributed by atoms with Gasteiger partial charge in [-0.2, -0.15) is 0 Å². The number of rotatable bonds is 1. The minimum atomic E-state index is 0.594. The van der Waals surface area contributed by atoms with Crippen molar-refractivity contribution in [1.82, 2.24) is 0 Å². The van der Waals surface area contributed by atoms with E-state index in [-0.39, 0.29) is 0 Å². The van der Waals surface area contributed by atoms with E-state index in [0.717, 1.165) is 0 Å². The first-order valence-electron chi connectivity index (χ1n) is 7.06. The summed E-state index contributed by atoms with van der Waals surface area (Å²) < 4.78 is 0. The lowest BCUT2D eigenvalue weighted by atomic mass is 9.84. The normalized spacial score (nSPS) is 29.3. The zero-order valence-electron chi connectivity index (χ0n) is 13.2. The Bertz CT molecular complexity index is 482. The summed E-state index contributed by atoms with van der Waals surface area (Å²) in [6.07, 6.45) is 0. The summed E-state index contributed by atoms with van der Waals surface area (Å²) in [5, 5.41) is 0. The third-order valence-electron chi connectivity index (χ3n) is 5.57. The molecule has 0 heterocycles. The number of allylic oxidation sites excluding steroid dienone is 8. The second kappa shape index (κ2) is 4.26. The molecule has 0 saturated heterocycles. The van der Waals surface area contributed by atoms with E-state index in [2.05, 4.69) is 55.4 Å². The van der Waals surface area contributed by atoms with Crippen LogP contribution >= 0.6 is 0 Å². The molecule has 2 atom stereocenters. The molecule has 2 rings (SSSR count). The van der Waals surface area contributed by atoms with Gasteiger partial charge in [-0.1, -0.05) is 25.0 Å². The lowest BCUT2D eigenvalue weighted by molar-refractivity contribution is 0.749. The zero-order valence-corrected chi connectivity index (χ0v) is 13.2. The smallest absolute Gasteiger partial charge is 0.00286 e. The van der Waals surface area contributed by atoms with Crippen LogP contribution in [0, 0.1) is 11.8 Å². The fourth-order valence-corrected chi connectivity index (χ4v) is 3.60. The van der Waals surface area contributed by atoms with E-state index in [0.29, 0.717) is 11.8 Å². The molecule has 0 aliphatic heterocycles. The molecule has 0 saturated carbocycles. The van der Waals surface area contributed by atoms with E-state index in [4.69, 9.17) is 0 Å². The van der Waals surface area contributed by atoms with E-state index in [9.17, 15) is 0 Å². The van der Waals surface area contributed by atoms with E-state index < -0.39 is 0 Å². The fourth-order valence-electron chi connectivity index (χ4n) is 3.60. The van der Waals surface area contributed by atoms with Gasteiger partial charge >= 0.3 is 0 Å². The Labute approximate surface area is 112 Å². The lowest BCUT2D eigenvalue weighted by Crippen LogP contribution is -2.07. The van der Waals surface area contributed by atoms with Gasteiger partial charge in [0.2, 0.25) is 0 Å². The van der Waals surface area contributed by atoms with Gasteiger partial charge in [0.15, 0.2) is 0 Å². The maximum Gasteiger partial charge on any atom is 0.00286 e. The van der Waals surface area contributed by atoms with Crippen molar-refractivity contribution in [3.05, 3.63) is 44.6 Å². The quantitative estimate of drug-likeness (QED) is 0.562. The Morgan fingerprint density at radius 1 is 0.500 bits per heavy atom. The molecule has 0 amide bonds. The maximum atomic E-state index is 2.36. The molecule has 0 aromatic heterocycles. The first kappa shape index (κ1) is 13.4. The van der Waals surface area contributed by atoms with Gasteiger partial charge in [0.1, 0.15) is 0 Å². The summed E-state index contributed by atoms with van der Waals surface area (Å²) in [7, 11) is 0. The SMILES string of the molecule is CC1=C(C)C(C)C(C2=C(C)C(C)=C(C)C2C)=C1C. The van der Waals surface area contributed by atoms with E-state index >= 15 is 0 Å². The van der Waals surface area contributed by atoms with Crippen molar-refractivity contribution in [3.63, 3.8) is 0 Å². The van der Waals surface area contributed by atoms with Crippen LogP contribution in [-0.2, 0) is 0 Å². The van der Waals surface area contributed by atoms with Crippen LogP contribution in [0.25, 0.3) is 0 Å². The molecule has 0 N–H and O–H groups in total. The van der Waals surface area contributed by atoms with E-state index in [1.807, 2.05) is 0 Å². The molecule has 0 heteroatoms. The number of hydrogen-bond donors (Lipinski definition) is 0. The molecule has 0 radical (unpaired) electrons. The molecule has 18 heavy (non-hydrogen) atoms. The van der Waals surface area contributed by atoms with Crippen molar-refractivity contribution < 1.29 is 0 Å². The van der Waals surface area contributed by atoms with Crippen LogP contribution in [0.3, 0.4) is 0 Å². The third-order valence-corrected chi connectivity index (χ3v) is 5.57. The third kappa shape index (κ3) is 1.58.